The van der Waals surface area contributed by atoms with Crippen LogP contribution in [0.4, 0.5) is 0 Å². The van der Waals surface area contributed by atoms with Gasteiger partial charge in [0.25, 0.3) is 10.2 Å². The summed E-state index contributed by atoms with van der Waals surface area (Å²) in [6.07, 6.45) is 0.866. The molecule has 2 N–H and O–H groups in total. The lowest BCUT2D eigenvalue weighted by atomic mass is 10.0. The molecule has 5 heteroatoms. The summed E-state index contributed by atoms with van der Waals surface area (Å²) < 4.78 is 28.2. The Morgan fingerprint density at radius 1 is 1.11 bits per heavy atom. The molecule has 0 aliphatic rings. The molecule has 0 aromatic heterocycles. The lowest BCUT2D eigenvalue weighted by Crippen LogP contribution is -2.42. The van der Waals surface area contributed by atoms with E-state index in [-0.39, 0.29) is 12.0 Å². The van der Waals surface area contributed by atoms with Crippen molar-refractivity contribution in [3.8, 4) is 0 Å². The van der Waals surface area contributed by atoms with E-state index >= 15 is 0 Å². The molecule has 1 unspecified atom stereocenters. The van der Waals surface area contributed by atoms with Crippen molar-refractivity contribution in [1.29, 1.82) is 0 Å². The first-order valence-electron chi connectivity index (χ1n) is 6.20. The Morgan fingerprint density at radius 3 is 2.28 bits per heavy atom. The Morgan fingerprint density at radius 2 is 1.72 bits per heavy atom. The molecule has 18 heavy (non-hydrogen) atoms. The Hall–Kier alpha value is -0.910. The lowest BCUT2D eigenvalue weighted by molar-refractivity contribution is 0.522. The molecule has 0 spiro atoms. The number of hydrogen-bond acceptors (Lipinski definition) is 2. The van der Waals surface area contributed by atoms with E-state index in [2.05, 4.69) is 21.6 Å². The molecule has 0 heterocycles. The van der Waals surface area contributed by atoms with Gasteiger partial charge in [0.05, 0.1) is 0 Å². The molecule has 1 atom stereocenters. The fourth-order valence-electron chi connectivity index (χ4n) is 1.69. The van der Waals surface area contributed by atoms with Gasteiger partial charge in [-0.05, 0) is 31.7 Å². The highest BCUT2D eigenvalue weighted by Gasteiger charge is 2.12. The summed E-state index contributed by atoms with van der Waals surface area (Å²) in [4.78, 5) is 0. The van der Waals surface area contributed by atoms with Gasteiger partial charge in [-0.15, -0.1) is 0 Å². The predicted octanol–water partition coefficient (Wildman–Crippen LogP) is 1.70. The monoisotopic (exact) mass is 270 g/mol. The van der Waals surface area contributed by atoms with E-state index < -0.39 is 10.2 Å². The predicted molar refractivity (Wildman–Crippen MR) is 74.5 cm³/mol. The summed E-state index contributed by atoms with van der Waals surface area (Å²) in [6, 6.07) is 9.98. The molecule has 0 fully saturated rings. The Balaban J connectivity index is 2.40. The van der Waals surface area contributed by atoms with Crippen LogP contribution in [0.3, 0.4) is 0 Å². The zero-order chi connectivity index (χ0) is 13.6. The second-order valence-corrected chi connectivity index (χ2v) is 6.45. The van der Waals surface area contributed by atoms with Crippen molar-refractivity contribution >= 4 is 10.2 Å². The molecule has 0 bridgehead atoms. The van der Waals surface area contributed by atoms with E-state index in [4.69, 9.17) is 0 Å². The van der Waals surface area contributed by atoms with Gasteiger partial charge < -0.3 is 0 Å². The molecular weight excluding hydrogens is 248 g/mol. The maximum atomic E-state index is 11.6. The number of benzene rings is 1. The average Bonchev–Trinajstić information content (AvgIpc) is 2.26. The van der Waals surface area contributed by atoms with Gasteiger partial charge in [-0.3, -0.25) is 0 Å². The molecule has 4 nitrogen and oxygen atoms in total. The standard InChI is InChI=1S/C13H22N2O2S/c1-11(2)15-18(16,17)14-10-12(3)9-13-7-5-4-6-8-13/h4-8,11-12,14-15H,9-10H2,1-3H3. The second kappa shape index (κ2) is 6.87. The quantitative estimate of drug-likeness (QED) is 0.792. The van der Waals surface area contributed by atoms with Gasteiger partial charge in [0.1, 0.15) is 0 Å². The lowest BCUT2D eigenvalue weighted by Gasteiger charge is -2.14. The third kappa shape index (κ3) is 6.14. The molecule has 1 aromatic rings. The van der Waals surface area contributed by atoms with Crippen molar-refractivity contribution in [1.82, 2.24) is 9.44 Å². The first-order chi connectivity index (χ1) is 8.39. The van der Waals surface area contributed by atoms with Crippen molar-refractivity contribution in [3.63, 3.8) is 0 Å². The molecule has 1 rings (SSSR count). The third-order valence-electron chi connectivity index (χ3n) is 2.44. The van der Waals surface area contributed by atoms with Crippen LogP contribution in [0.25, 0.3) is 0 Å². The molecule has 0 radical (unpaired) electrons. The minimum atomic E-state index is -3.37. The van der Waals surface area contributed by atoms with Crippen molar-refractivity contribution in [2.45, 2.75) is 33.2 Å². The van der Waals surface area contributed by atoms with Crippen LogP contribution in [-0.4, -0.2) is 21.0 Å². The van der Waals surface area contributed by atoms with Gasteiger partial charge in [0.15, 0.2) is 0 Å². The van der Waals surface area contributed by atoms with E-state index in [1.807, 2.05) is 25.1 Å². The minimum Gasteiger partial charge on any atom is -0.202 e. The molecule has 1 aromatic carbocycles. The zero-order valence-corrected chi connectivity index (χ0v) is 12.0. The molecule has 0 aliphatic heterocycles. The molecule has 0 aliphatic carbocycles. The molecule has 0 saturated carbocycles. The van der Waals surface area contributed by atoms with Crippen LogP contribution in [0.5, 0.6) is 0 Å². The van der Waals surface area contributed by atoms with E-state index in [1.165, 1.54) is 5.56 Å². The highest BCUT2D eigenvalue weighted by Crippen LogP contribution is 2.07. The Kier molecular flexibility index (Phi) is 5.78. The van der Waals surface area contributed by atoms with Gasteiger partial charge in [-0.1, -0.05) is 37.3 Å². The second-order valence-electron chi connectivity index (χ2n) is 4.92. The van der Waals surface area contributed by atoms with Gasteiger partial charge in [-0.2, -0.15) is 13.1 Å². The summed E-state index contributed by atoms with van der Waals surface area (Å²) >= 11 is 0. The smallest absolute Gasteiger partial charge is 0.202 e. The molecule has 0 saturated heterocycles. The van der Waals surface area contributed by atoms with Crippen LogP contribution in [0.2, 0.25) is 0 Å². The molecule has 102 valence electrons. The normalized spacial score (nSPS) is 13.8. The van der Waals surface area contributed by atoms with Crippen molar-refractivity contribution < 1.29 is 8.42 Å². The van der Waals surface area contributed by atoms with Crippen LogP contribution < -0.4 is 9.44 Å². The summed E-state index contributed by atoms with van der Waals surface area (Å²) in [5.41, 5.74) is 1.22. The van der Waals surface area contributed by atoms with Gasteiger partial charge >= 0.3 is 0 Å². The zero-order valence-electron chi connectivity index (χ0n) is 11.2. The Labute approximate surface area is 110 Å². The number of nitrogens with one attached hydrogen (secondary N) is 2. The molecule has 0 amide bonds. The SMILES string of the molecule is CC(CNS(=O)(=O)NC(C)C)Cc1ccccc1. The van der Waals surface area contributed by atoms with Crippen LogP contribution in [0, 0.1) is 5.92 Å². The van der Waals surface area contributed by atoms with Crippen LogP contribution in [0.15, 0.2) is 30.3 Å². The van der Waals surface area contributed by atoms with E-state index in [9.17, 15) is 8.42 Å². The van der Waals surface area contributed by atoms with Gasteiger partial charge in [0, 0.05) is 12.6 Å². The Bertz CT molecular complexity index is 443. The van der Waals surface area contributed by atoms with E-state index in [1.54, 1.807) is 13.8 Å². The van der Waals surface area contributed by atoms with E-state index in [0.29, 0.717) is 6.54 Å². The average molecular weight is 270 g/mol. The van der Waals surface area contributed by atoms with Crippen molar-refractivity contribution in [2.75, 3.05) is 6.54 Å². The van der Waals surface area contributed by atoms with Gasteiger partial charge in [-0.25, -0.2) is 4.72 Å². The highest BCUT2D eigenvalue weighted by atomic mass is 32.2. The number of rotatable bonds is 7. The fraction of sp³-hybridized carbons (Fsp3) is 0.538. The van der Waals surface area contributed by atoms with Crippen LogP contribution >= 0.6 is 0 Å². The topological polar surface area (TPSA) is 58.2 Å². The fourth-order valence-corrected chi connectivity index (χ4v) is 2.90. The summed E-state index contributed by atoms with van der Waals surface area (Å²) in [5.74, 6) is 0.260. The first-order valence-corrected chi connectivity index (χ1v) is 7.68. The minimum absolute atomic E-state index is 0.0908. The van der Waals surface area contributed by atoms with Crippen molar-refractivity contribution in [3.05, 3.63) is 35.9 Å². The van der Waals surface area contributed by atoms with Crippen LogP contribution in [-0.2, 0) is 16.6 Å². The van der Waals surface area contributed by atoms with Crippen LogP contribution in [0.1, 0.15) is 26.3 Å². The summed E-state index contributed by atoms with van der Waals surface area (Å²) in [7, 11) is -3.37. The van der Waals surface area contributed by atoms with E-state index in [0.717, 1.165) is 6.42 Å². The number of hydrogen-bond donors (Lipinski definition) is 2. The summed E-state index contributed by atoms with van der Waals surface area (Å²) in [6.45, 7) is 6.07. The molecular formula is C13H22N2O2S. The van der Waals surface area contributed by atoms with Crippen molar-refractivity contribution in [2.24, 2.45) is 5.92 Å². The largest absolute Gasteiger partial charge is 0.277 e. The first kappa shape index (κ1) is 15.1. The maximum Gasteiger partial charge on any atom is 0.277 e. The summed E-state index contributed by atoms with van der Waals surface area (Å²) in [5, 5.41) is 0. The van der Waals surface area contributed by atoms with Gasteiger partial charge in [0.2, 0.25) is 0 Å². The highest BCUT2D eigenvalue weighted by molar-refractivity contribution is 7.87. The maximum absolute atomic E-state index is 11.6. The third-order valence-corrected chi connectivity index (χ3v) is 3.77.